The zero-order valence-electron chi connectivity index (χ0n) is 19.7. The van der Waals surface area contributed by atoms with Crippen molar-refractivity contribution < 1.29 is 14.4 Å². The fourth-order valence-corrected chi connectivity index (χ4v) is 6.48. The minimum atomic E-state index is -0.248. The van der Waals surface area contributed by atoms with Crippen molar-refractivity contribution >= 4 is 34.2 Å². The number of anilines is 1. The van der Waals surface area contributed by atoms with Crippen molar-refractivity contribution in [2.75, 3.05) is 18.4 Å². The molecule has 3 atom stereocenters. The molecule has 2 fully saturated rings. The maximum absolute atomic E-state index is 13.2. The number of rotatable bonds is 6. The fraction of sp³-hybridized carbons (Fsp3) is 0.538. The van der Waals surface area contributed by atoms with Crippen LogP contribution in [0.25, 0.3) is 0 Å². The van der Waals surface area contributed by atoms with Gasteiger partial charge in [-0.25, -0.2) is 4.98 Å². The highest BCUT2D eigenvalue weighted by Crippen LogP contribution is 2.34. The van der Waals surface area contributed by atoms with E-state index in [0.29, 0.717) is 28.8 Å². The Balaban J connectivity index is 1.22. The van der Waals surface area contributed by atoms with Crippen molar-refractivity contribution in [3.8, 4) is 0 Å². The van der Waals surface area contributed by atoms with E-state index in [1.807, 2.05) is 6.20 Å². The van der Waals surface area contributed by atoms with Crippen LogP contribution in [0.4, 0.5) is 5.13 Å². The monoisotopic (exact) mass is 480 g/mol. The number of fused-ring (bicyclic) bond motifs is 1. The van der Waals surface area contributed by atoms with Gasteiger partial charge >= 0.3 is 0 Å². The van der Waals surface area contributed by atoms with Gasteiger partial charge in [0, 0.05) is 36.1 Å². The van der Waals surface area contributed by atoms with Crippen molar-refractivity contribution in [1.29, 1.82) is 0 Å². The molecule has 34 heavy (non-hydrogen) atoms. The first kappa shape index (κ1) is 23.2. The van der Waals surface area contributed by atoms with Gasteiger partial charge in [0.15, 0.2) is 5.13 Å². The van der Waals surface area contributed by atoms with E-state index in [1.54, 1.807) is 35.6 Å². The number of thiazole rings is 1. The molecule has 1 saturated carbocycles. The summed E-state index contributed by atoms with van der Waals surface area (Å²) in [6, 6.07) is 7.53. The lowest BCUT2D eigenvalue weighted by Gasteiger charge is -2.32. The van der Waals surface area contributed by atoms with E-state index in [4.69, 9.17) is 0 Å². The molecule has 2 aliphatic heterocycles. The van der Waals surface area contributed by atoms with Gasteiger partial charge in [-0.3, -0.25) is 24.2 Å². The lowest BCUT2D eigenvalue weighted by atomic mass is 9.78. The number of hydrogen-bond acceptors (Lipinski definition) is 6. The number of amides is 3. The van der Waals surface area contributed by atoms with E-state index < -0.39 is 0 Å². The normalized spacial score (nSPS) is 25.4. The molecule has 3 unspecified atom stereocenters. The van der Waals surface area contributed by atoms with Gasteiger partial charge in [-0.15, -0.1) is 11.3 Å². The first-order valence-corrected chi connectivity index (χ1v) is 13.3. The number of hydrogen-bond donors (Lipinski definition) is 1. The number of likely N-dealkylation sites (tertiary alicyclic amines) is 1. The van der Waals surface area contributed by atoms with Crippen LogP contribution in [0, 0.1) is 11.8 Å². The molecule has 0 spiro atoms. The van der Waals surface area contributed by atoms with E-state index in [-0.39, 0.29) is 29.6 Å². The van der Waals surface area contributed by atoms with Gasteiger partial charge in [0.05, 0.1) is 11.1 Å². The number of carbonyl (C=O) groups is 3. The van der Waals surface area contributed by atoms with E-state index in [2.05, 4.69) is 22.1 Å². The number of aromatic nitrogens is 1. The second-order valence-corrected chi connectivity index (χ2v) is 11.0. The minimum Gasteiger partial charge on any atom is -0.302 e. The van der Waals surface area contributed by atoms with Crippen LogP contribution in [-0.4, -0.2) is 51.6 Å². The summed E-state index contributed by atoms with van der Waals surface area (Å²) in [5.74, 6) is -0.811. The zero-order valence-corrected chi connectivity index (χ0v) is 20.5. The predicted octanol–water partition coefficient (Wildman–Crippen LogP) is 4.56. The highest BCUT2D eigenvalue weighted by atomic mass is 32.1. The molecular weight excluding hydrogens is 448 g/mol. The molecule has 0 radical (unpaired) electrons. The topological polar surface area (TPSA) is 82.6 Å². The largest absolute Gasteiger partial charge is 0.302 e. The third-order valence-electron chi connectivity index (χ3n) is 7.62. The molecule has 1 aromatic carbocycles. The first-order chi connectivity index (χ1) is 16.5. The molecular formula is C26H32N4O3S. The van der Waals surface area contributed by atoms with E-state index in [0.717, 1.165) is 43.6 Å². The Labute approximate surface area is 204 Å². The van der Waals surface area contributed by atoms with Gasteiger partial charge in [0.25, 0.3) is 11.8 Å². The van der Waals surface area contributed by atoms with Crippen LogP contribution in [0.15, 0.2) is 30.5 Å². The smallest absolute Gasteiger partial charge is 0.261 e. The summed E-state index contributed by atoms with van der Waals surface area (Å²) in [7, 11) is 0. The molecule has 8 heteroatoms. The Bertz CT molecular complexity index is 1050. The number of piperidine rings is 1. The second-order valence-electron chi connectivity index (χ2n) is 9.85. The zero-order chi connectivity index (χ0) is 23.7. The molecule has 3 amide bonds. The van der Waals surface area contributed by atoms with E-state index >= 15 is 0 Å². The van der Waals surface area contributed by atoms with Crippen molar-refractivity contribution in [3.05, 3.63) is 46.5 Å². The Morgan fingerprint density at radius 2 is 1.76 bits per heavy atom. The second kappa shape index (κ2) is 9.96. The number of imide groups is 1. The van der Waals surface area contributed by atoms with Crippen LogP contribution in [-0.2, 0) is 11.3 Å². The number of nitrogens with zero attached hydrogens (tertiary/aromatic N) is 3. The summed E-state index contributed by atoms with van der Waals surface area (Å²) in [4.78, 5) is 48.3. The Morgan fingerprint density at radius 1 is 1.06 bits per heavy atom. The lowest BCUT2D eigenvalue weighted by Crippen LogP contribution is -2.41. The summed E-state index contributed by atoms with van der Waals surface area (Å²) in [5, 5.41) is 3.67. The highest BCUT2D eigenvalue weighted by Gasteiger charge is 2.40. The van der Waals surface area contributed by atoms with Crippen LogP contribution >= 0.6 is 11.3 Å². The summed E-state index contributed by atoms with van der Waals surface area (Å²) < 4.78 is 0. The average molecular weight is 481 g/mol. The molecule has 2 aromatic rings. The lowest BCUT2D eigenvalue weighted by molar-refractivity contribution is -0.122. The van der Waals surface area contributed by atoms with E-state index in [9.17, 15) is 14.4 Å². The molecule has 3 heterocycles. The standard InChI is InChI=1S/C26H32N4O3S/c1-17-8-6-7-13-29(17)16-19-14-27-26(34-19)28-23(31)20-10-3-2-9-18(20)15-30-24(32)21-11-4-5-12-22(21)25(30)33/h4-5,11-12,14,17-18,20H,2-3,6-10,13,15-16H2,1H3,(H,27,28,31). The van der Waals surface area contributed by atoms with Crippen LogP contribution in [0.5, 0.6) is 0 Å². The van der Waals surface area contributed by atoms with Crippen molar-refractivity contribution in [2.24, 2.45) is 11.8 Å². The minimum absolute atomic E-state index is 0.0374. The van der Waals surface area contributed by atoms with E-state index in [1.165, 1.54) is 24.2 Å². The molecule has 1 aromatic heterocycles. The van der Waals surface area contributed by atoms with Gasteiger partial charge in [-0.2, -0.15) is 0 Å². The number of nitrogens with one attached hydrogen (secondary N) is 1. The molecule has 1 saturated heterocycles. The van der Waals surface area contributed by atoms with Gasteiger partial charge < -0.3 is 5.32 Å². The van der Waals surface area contributed by atoms with Crippen LogP contribution in [0.2, 0.25) is 0 Å². The molecule has 1 N–H and O–H groups in total. The van der Waals surface area contributed by atoms with Crippen LogP contribution in [0.1, 0.15) is 77.5 Å². The Kier molecular flexibility index (Phi) is 6.79. The van der Waals surface area contributed by atoms with Crippen molar-refractivity contribution in [2.45, 2.75) is 64.5 Å². The predicted molar refractivity (Wildman–Crippen MR) is 132 cm³/mol. The molecule has 0 bridgehead atoms. The van der Waals surface area contributed by atoms with Crippen molar-refractivity contribution in [1.82, 2.24) is 14.8 Å². The third kappa shape index (κ3) is 4.66. The quantitative estimate of drug-likeness (QED) is 0.613. The highest BCUT2D eigenvalue weighted by molar-refractivity contribution is 7.15. The Hall–Kier alpha value is -2.58. The summed E-state index contributed by atoms with van der Waals surface area (Å²) >= 11 is 1.54. The summed E-state index contributed by atoms with van der Waals surface area (Å²) in [5.41, 5.74) is 0.922. The maximum Gasteiger partial charge on any atom is 0.261 e. The van der Waals surface area contributed by atoms with Gasteiger partial charge in [-0.1, -0.05) is 31.4 Å². The number of carbonyl (C=O) groups excluding carboxylic acids is 3. The van der Waals surface area contributed by atoms with Crippen LogP contribution < -0.4 is 5.32 Å². The van der Waals surface area contributed by atoms with Crippen LogP contribution in [0.3, 0.4) is 0 Å². The SMILES string of the molecule is CC1CCCCN1Cc1cnc(NC(=O)C2CCCCC2CN2C(=O)c3ccccc3C2=O)s1. The maximum atomic E-state index is 13.2. The fourth-order valence-electron chi connectivity index (χ4n) is 5.64. The molecule has 180 valence electrons. The first-order valence-electron chi connectivity index (χ1n) is 12.5. The Morgan fingerprint density at radius 3 is 2.50 bits per heavy atom. The summed E-state index contributed by atoms with van der Waals surface area (Å²) in [6.07, 6.45) is 9.23. The average Bonchev–Trinajstić information content (AvgIpc) is 3.38. The molecule has 3 aliphatic rings. The molecule has 7 nitrogen and oxygen atoms in total. The van der Waals surface area contributed by atoms with Gasteiger partial charge in [0.2, 0.25) is 5.91 Å². The molecule has 1 aliphatic carbocycles. The van der Waals surface area contributed by atoms with Crippen molar-refractivity contribution in [3.63, 3.8) is 0 Å². The van der Waals surface area contributed by atoms with Gasteiger partial charge in [0.1, 0.15) is 0 Å². The number of benzene rings is 1. The molecule has 5 rings (SSSR count). The van der Waals surface area contributed by atoms with Gasteiger partial charge in [-0.05, 0) is 57.2 Å². The third-order valence-corrected chi connectivity index (χ3v) is 8.52. The summed E-state index contributed by atoms with van der Waals surface area (Å²) in [6.45, 7) is 4.56.